The topological polar surface area (TPSA) is 91.0 Å². The van der Waals surface area contributed by atoms with Crippen LogP contribution in [-0.2, 0) is 16.2 Å². The van der Waals surface area contributed by atoms with Crippen molar-refractivity contribution < 1.29 is 14.3 Å². The summed E-state index contributed by atoms with van der Waals surface area (Å²) in [5.74, 6) is -0.830. The first kappa shape index (κ1) is 19.5. The van der Waals surface area contributed by atoms with Crippen LogP contribution in [0.4, 0.5) is 0 Å². The standard InChI is InChI=1S/C15H20BrN5O3S/c1-4-24-15(23)12(7-25)17-14(22)11-5-6-20(19-11)8-21-10(3)13(16)9(2)18-21/h5-6,12,25H,4,7-8H2,1-3H3,(H,17,22)/t12-/m0/s1. The molecule has 0 radical (unpaired) electrons. The second kappa shape index (κ2) is 8.52. The number of hydrogen-bond donors (Lipinski definition) is 2. The van der Waals surface area contributed by atoms with E-state index in [-0.39, 0.29) is 18.1 Å². The first-order valence-electron chi connectivity index (χ1n) is 7.68. The molecule has 2 aromatic heterocycles. The minimum atomic E-state index is -0.812. The summed E-state index contributed by atoms with van der Waals surface area (Å²) < 4.78 is 9.23. The van der Waals surface area contributed by atoms with Gasteiger partial charge in [-0.05, 0) is 42.8 Å². The third kappa shape index (κ3) is 4.63. The quantitative estimate of drug-likeness (QED) is 0.514. The first-order valence-corrected chi connectivity index (χ1v) is 9.11. The van der Waals surface area contributed by atoms with Gasteiger partial charge in [0.25, 0.3) is 5.91 Å². The molecule has 136 valence electrons. The molecule has 2 rings (SSSR count). The van der Waals surface area contributed by atoms with Gasteiger partial charge in [0.15, 0.2) is 0 Å². The number of carbonyl (C=O) groups is 2. The second-order valence-corrected chi connectivity index (χ2v) is 6.49. The van der Waals surface area contributed by atoms with Gasteiger partial charge in [0.2, 0.25) is 0 Å². The van der Waals surface area contributed by atoms with E-state index in [9.17, 15) is 9.59 Å². The normalized spacial score (nSPS) is 12.0. The zero-order valence-electron chi connectivity index (χ0n) is 14.2. The zero-order valence-corrected chi connectivity index (χ0v) is 16.7. The van der Waals surface area contributed by atoms with Crippen molar-refractivity contribution in [1.29, 1.82) is 0 Å². The van der Waals surface area contributed by atoms with E-state index in [1.165, 1.54) is 0 Å². The van der Waals surface area contributed by atoms with E-state index in [2.05, 4.69) is 44.1 Å². The molecule has 0 aromatic carbocycles. The van der Waals surface area contributed by atoms with Crippen LogP contribution < -0.4 is 5.32 Å². The van der Waals surface area contributed by atoms with Crippen LogP contribution in [0.25, 0.3) is 0 Å². The van der Waals surface area contributed by atoms with E-state index < -0.39 is 17.9 Å². The van der Waals surface area contributed by atoms with Crippen molar-refractivity contribution in [2.45, 2.75) is 33.5 Å². The van der Waals surface area contributed by atoms with Crippen molar-refractivity contribution in [3.8, 4) is 0 Å². The van der Waals surface area contributed by atoms with Gasteiger partial charge in [-0.2, -0.15) is 22.8 Å². The predicted octanol–water partition coefficient (Wildman–Crippen LogP) is 1.56. The largest absolute Gasteiger partial charge is 0.464 e. The molecule has 0 aliphatic heterocycles. The Kier molecular flexibility index (Phi) is 6.65. The molecule has 0 saturated carbocycles. The number of halogens is 1. The third-order valence-electron chi connectivity index (χ3n) is 3.50. The van der Waals surface area contributed by atoms with Crippen molar-refractivity contribution in [3.05, 3.63) is 33.8 Å². The van der Waals surface area contributed by atoms with Crippen LogP contribution >= 0.6 is 28.6 Å². The lowest BCUT2D eigenvalue weighted by atomic mass is 10.3. The summed E-state index contributed by atoms with van der Waals surface area (Å²) in [6.07, 6.45) is 1.68. The van der Waals surface area contributed by atoms with Crippen molar-refractivity contribution in [1.82, 2.24) is 24.9 Å². The summed E-state index contributed by atoms with van der Waals surface area (Å²) in [5.41, 5.74) is 2.06. The van der Waals surface area contributed by atoms with Crippen LogP contribution in [0.3, 0.4) is 0 Å². The van der Waals surface area contributed by atoms with E-state index >= 15 is 0 Å². The first-order chi connectivity index (χ1) is 11.9. The van der Waals surface area contributed by atoms with Crippen LogP contribution in [0.1, 0.15) is 28.8 Å². The number of aryl methyl sites for hydroxylation is 1. The maximum absolute atomic E-state index is 12.3. The monoisotopic (exact) mass is 429 g/mol. The van der Waals surface area contributed by atoms with Gasteiger partial charge in [0, 0.05) is 11.9 Å². The number of nitrogens with one attached hydrogen (secondary N) is 1. The molecule has 1 amide bonds. The molecule has 0 bridgehead atoms. The van der Waals surface area contributed by atoms with Gasteiger partial charge in [-0.25, -0.2) is 9.48 Å². The number of esters is 1. The van der Waals surface area contributed by atoms with E-state index in [1.54, 1.807) is 28.6 Å². The van der Waals surface area contributed by atoms with Crippen molar-refractivity contribution in [2.24, 2.45) is 0 Å². The highest BCUT2D eigenvalue weighted by molar-refractivity contribution is 9.10. The number of thiol groups is 1. The van der Waals surface area contributed by atoms with Gasteiger partial charge >= 0.3 is 5.97 Å². The van der Waals surface area contributed by atoms with Gasteiger partial charge in [-0.15, -0.1) is 0 Å². The van der Waals surface area contributed by atoms with E-state index in [4.69, 9.17) is 4.74 Å². The number of hydrogen-bond acceptors (Lipinski definition) is 6. The smallest absolute Gasteiger partial charge is 0.329 e. The maximum Gasteiger partial charge on any atom is 0.329 e. The summed E-state index contributed by atoms with van der Waals surface area (Å²) in [4.78, 5) is 24.0. The summed E-state index contributed by atoms with van der Waals surface area (Å²) in [6, 6.07) is 0.768. The predicted molar refractivity (Wildman–Crippen MR) is 98.8 cm³/mol. The van der Waals surface area contributed by atoms with Gasteiger partial charge < -0.3 is 10.1 Å². The fraction of sp³-hybridized carbons (Fsp3) is 0.467. The zero-order chi connectivity index (χ0) is 18.6. The number of carbonyl (C=O) groups excluding carboxylic acids is 2. The molecular weight excluding hydrogens is 410 g/mol. The van der Waals surface area contributed by atoms with Gasteiger partial charge in [-0.1, -0.05) is 0 Å². The summed E-state index contributed by atoms with van der Waals surface area (Å²) in [7, 11) is 0. The molecule has 0 saturated heterocycles. The van der Waals surface area contributed by atoms with Crippen LogP contribution in [0.5, 0.6) is 0 Å². The number of rotatable bonds is 7. The van der Waals surface area contributed by atoms with E-state index in [0.717, 1.165) is 15.9 Å². The molecule has 2 aromatic rings. The molecule has 0 unspecified atom stereocenters. The lowest BCUT2D eigenvalue weighted by Gasteiger charge is -2.14. The highest BCUT2D eigenvalue weighted by Gasteiger charge is 2.22. The molecule has 0 aliphatic carbocycles. The highest BCUT2D eigenvalue weighted by Crippen LogP contribution is 2.19. The van der Waals surface area contributed by atoms with Gasteiger partial charge in [0.05, 0.1) is 22.5 Å². The molecule has 0 aliphatic rings. The van der Waals surface area contributed by atoms with E-state index in [0.29, 0.717) is 6.67 Å². The number of nitrogens with zero attached hydrogens (tertiary/aromatic N) is 4. The molecule has 8 nitrogen and oxygen atoms in total. The molecular formula is C15H20BrN5O3S. The van der Waals surface area contributed by atoms with Crippen molar-refractivity contribution >= 4 is 40.4 Å². The van der Waals surface area contributed by atoms with Gasteiger partial charge in [-0.3, -0.25) is 9.48 Å². The molecule has 1 atom stereocenters. The minimum absolute atomic E-state index is 0.144. The Balaban J connectivity index is 2.05. The molecule has 2 heterocycles. The maximum atomic E-state index is 12.3. The third-order valence-corrected chi connectivity index (χ3v) is 5.02. The molecule has 25 heavy (non-hydrogen) atoms. The summed E-state index contributed by atoms with van der Waals surface area (Å²) in [5, 5.41) is 11.2. The molecule has 0 fully saturated rings. The minimum Gasteiger partial charge on any atom is -0.464 e. The number of amides is 1. The fourth-order valence-electron chi connectivity index (χ4n) is 2.17. The lowest BCUT2D eigenvalue weighted by molar-refractivity contribution is -0.144. The number of ether oxygens (including phenoxy) is 1. The molecule has 10 heteroatoms. The molecule has 1 N–H and O–H groups in total. The van der Waals surface area contributed by atoms with Gasteiger partial charge in [0.1, 0.15) is 18.4 Å². The Labute approximate surface area is 159 Å². The summed E-state index contributed by atoms with van der Waals surface area (Å²) >= 11 is 7.55. The Morgan fingerprint density at radius 2 is 2.12 bits per heavy atom. The van der Waals surface area contributed by atoms with Crippen LogP contribution in [0.15, 0.2) is 16.7 Å². The van der Waals surface area contributed by atoms with Crippen LogP contribution in [0.2, 0.25) is 0 Å². The second-order valence-electron chi connectivity index (χ2n) is 5.33. The average molecular weight is 430 g/mol. The lowest BCUT2D eigenvalue weighted by Crippen LogP contribution is -2.43. The Bertz CT molecular complexity index is 773. The summed E-state index contributed by atoms with van der Waals surface area (Å²) in [6.45, 7) is 6.17. The molecule has 0 spiro atoms. The Morgan fingerprint density at radius 1 is 1.40 bits per heavy atom. The SMILES string of the molecule is CCOC(=O)[C@H](CS)NC(=O)c1ccn(Cn2nc(C)c(Br)c2C)n1. The van der Waals surface area contributed by atoms with Crippen LogP contribution in [0, 0.1) is 13.8 Å². The Morgan fingerprint density at radius 3 is 2.68 bits per heavy atom. The highest BCUT2D eigenvalue weighted by atomic mass is 79.9. The van der Waals surface area contributed by atoms with Crippen LogP contribution in [-0.4, -0.2) is 49.8 Å². The average Bonchev–Trinajstić information content (AvgIpc) is 3.14. The fourth-order valence-corrected chi connectivity index (χ4v) is 2.69. The van der Waals surface area contributed by atoms with Crippen molar-refractivity contribution in [2.75, 3.05) is 12.4 Å². The van der Waals surface area contributed by atoms with E-state index in [1.807, 2.05) is 13.8 Å². The van der Waals surface area contributed by atoms with Crippen molar-refractivity contribution in [3.63, 3.8) is 0 Å². The number of aromatic nitrogens is 4. The Hall–Kier alpha value is -1.81.